The van der Waals surface area contributed by atoms with Crippen molar-refractivity contribution in [2.45, 2.75) is 51.6 Å². The lowest BCUT2D eigenvalue weighted by atomic mass is 9.81. The first kappa shape index (κ1) is 50.8. The molecule has 10 aromatic rings. The molecule has 0 bridgehead atoms. The molecule has 0 fully saturated rings. The van der Waals surface area contributed by atoms with Crippen LogP contribution in [0.15, 0.2) is 254 Å². The molecule has 79 heavy (non-hydrogen) atoms. The van der Waals surface area contributed by atoms with Crippen LogP contribution in [0.3, 0.4) is 0 Å². The lowest BCUT2D eigenvalue weighted by molar-refractivity contribution is 0.660. The fourth-order valence-electron chi connectivity index (χ4n) is 11.7. The van der Waals surface area contributed by atoms with Crippen molar-refractivity contribution in [1.29, 1.82) is 0 Å². The number of nitrogens with zero attached hydrogens (tertiary/aromatic N) is 2. The van der Waals surface area contributed by atoms with Gasteiger partial charge in [-0.25, -0.2) is 0 Å². The summed E-state index contributed by atoms with van der Waals surface area (Å²) in [7, 11) is -1.87. The van der Waals surface area contributed by atoms with Gasteiger partial charge in [0.1, 0.15) is 0 Å². The van der Waals surface area contributed by atoms with E-state index >= 15 is 0 Å². The van der Waals surface area contributed by atoms with Crippen molar-refractivity contribution in [2.75, 3.05) is 9.80 Å². The van der Waals surface area contributed by atoms with Gasteiger partial charge in [-0.15, -0.1) is 0 Å². The Bertz CT molecular complexity index is 3600. The van der Waals surface area contributed by atoms with Gasteiger partial charge in [-0.05, 0) is 151 Å². The number of anilines is 6. The topological polar surface area (TPSA) is 6.48 Å². The van der Waals surface area contributed by atoms with Crippen LogP contribution in [-0.4, -0.2) is 8.07 Å². The van der Waals surface area contributed by atoms with Gasteiger partial charge in [-0.1, -0.05) is 259 Å². The van der Waals surface area contributed by atoms with E-state index in [0.717, 1.165) is 34.1 Å². The fraction of sp³-hybridized carbons (Fsp3) is 0.105. The van der Waals surface area contributed by atoms with Crippen LogP contribution in [0.25, 0.3) is 58.7 Å². The molecule has 2 aliphatic carbocycles. The Kier molecular flexibility index (Phi) is 13.5. The molecular weight excluding hydrogens is 969 g/mol. The molecule has 0 radical (unpaired) electrons. The first-order valence-corrected chi connectivity index (χ1v) is 30.9. The molecule has 0 saturated heterocycles. The van der Waals surface area contributed by atoms with Crippen LogP contribution < -0.4 is 9.80 Å². The SMILES string of the molecule is CC1(C)c2cc(C=Cc3ccc(N(c4ccccc4)c4ccccc4)cc3)ccc2-c2ccc(C=C[Si](C)(C)C=Cc3ccc4c(c3)C(C)(C)c3cc(C=Cc5ccc(N(c6ccccc6)c6ccccc6)cc5)ccc3-4)cc21. The summed E-state index contributed by atoms with van der Waals surface area (Å²) in [6.07, 6.45) is 13.7. The van der Waals surface area contributed by atoms with E-state index in [1.165, 1.54) is 77.9 Å². The Labute approximate surface area is 469 Å². The summed E-state index contributed by atoms with van der Waals surface area (Å²) >= 11 is 0. The average molecular weight is 1040 g/mol. The molecule has 0 aliphatic heterocycles. The summed E-state index contributed by atoms with van der Waals surface area (Å²) < 4.78 is 0. The molecule has 0 amide bonds. The van der Waals surface area contributed by atoms with Gasteiger partial charge in [0.15, 0.2) is 0 Å². The maximum Gasteiger partial charge on any atom is 0.0954 e. The van der Waals surface area contributed by atoms with E-state index in [2.05, 4.69) is 341 Å². The van der Waals surface area contributed by atoms with E-state index in [-0.39, 0.29) is 10.8 Å². The predicted octanol–water partition coefficient (Wildman–Crippen LogP) is 21.1. The second kappa shape index (κ2) is 21.1. The van der Waals surface area contributed by atoms with Gasteiger partial charge >= 0.3 is 0 Å². The highest BCUT2D eigenvalue weighted by atomic mass is 28.3. The van der Waals surface area contributed by atoms with Crippen molar-refractivity contribution < 1.29 is 0 Å². The summed E-state index contributed by atoms with van der Waals surface area (Å²) in [6, 6.07) is 88.0. The van der Waals surface area contributed by atoms with Gasteiger partial charge < -0.3 is 9.80 Å². The van der Waals surface area contributed by atoms with Crippen LogP contribution >= 0.6 is 0 Å². The van der Waals surface area contributed by atoms with E-state index < -0.39 is 8.07 Å². The van der Waals surface area contributed by atoms with Crippen molar-refractivity contribution in [3.63, 3.8) is 0 Å². The van der Waals surface area contributed by atoms with E-state index in [9.17, 15) is 0 Å². The maximum atomic E-state index is 2.48. The number of rotatable bonds is 14. The van der Waals surface area contributed by atoms with Gasteiger partial charge in [0, 0.05) is 45.0 Å². The Morgan fingerprint density at radius 3 is 0.772 bits per heavy atom. The molecule has 0 N–H and O–H groups in total. The molecular formula is C76H66N2Si. The minimum Gasteiger partial charge on any atom is -0.311 e. The summed E-state index contributed by atoms with van der Waals surface area (Å²) in [4.78, 5) is 4.60. The number of para-hydroxylation sites is 4. The van der Waals surface area contributed by atoms with Crippen molar-refractivity contribution in [2.24, 2.45) is 0 Å². The highest BCUT2D eigenvalue weighted by Gasteiger charge is 2.37. The van der Waals surface area contributed by atoms with Crippen LogP contribution in [0.4, 0.5) is 34.1 Å². The van der Waals surface area contributed by atoms with Crippen LogP contribution in [0, 0.1) is 0 Å². The number of hydrogen-bond donors (Lipinski definition) is 0. The van der Waals surface area contributed by atoms with Gasteiger partial charge in [0.05, 0.1) is 8.07 Å². The highest BCUT2D eigenvalue weighted by Crippen LogP contribution is 2.51. The molecule has 3 heteroatoms. The van der Waals surface area contributed by atoms with Crippen molar-refractivity contribution in [1.82, 2.24) is 0 Å². The monoisotopic (exact) mass is 1030 g/mol. The van der Waals surface area contributed by atoms with Gasteiger partial charge in [0.25, 0.3) is 0 Å². The van der Waals surface area contributed by atoms with E-state index in [1.807, 2.05) is 0 Å². The van der Waals surface area contributed by atoms with Gasteiger partial charge in [0.2, 0.25) is 0 Å². The van der Waals surface area contributed by atoms with Crippen LogP contribution in [-0.2, 0) is 10.8 Å². The lowest BCUT2D eigenvalue weighted by Gasteiger charge is -2.25. The molecule has 0 heterocycles. The van der Waals surface area contributed by atoms with Crippen LogP contribution in [0.2, 0.25) is 13.1 Å². The average Bonchev–Trinajstić information content (AvgIpc) is 4.05. The zero-order valence-corrected chi connectivity index (χ0v) is 47.1. The third-order valence-electron chi connectivity index (χ3n) is 16.2. The first-order valence-electron chi connectivity index (χ1n) is 27.7. The zero-order chi connectivity index (χ0) is 54.1. The molecule has 0 atom stereocenters. The normalized spacial score (nSPS) is 13.9. The predicted molar refractivity (Wildman–Crippen MR) is 344 cm³/mol. The third kappa shape index (κ3) is 10.3. The summed E-state index contributed by atoms with van der Waals surface area (Å²) in [5.41, 5.74) is 29.7. The molecule has 384 valence electrons. The van der Waals surface area contributed by atoms with Gasteiger partial charge in [-0.3, -0.25) is 0 Å². The van der Waals surface area contributed by atoms with Crippen molar-refractivity contribution >= 4 is 78.7 Å². The molecule has 0 unspecified atom stereocenters. The Balaban J connectivity index is 0.701. The standard InChI is InChI=1S/C76H66N2Si/c1-75(2)71-51-57(29-27-55-31-39-65(40-32-55)77(61-19-11-7-12-20-61)62-21-13-8-14-22-62)35-43-67(71)69-45-37-59(53-73(69)75)47-49-79(5,6)50-48-60-38-46-70-68-44-36-58(52-72(68)76(3,4)74(70)54-60)30-28-56-33-41-66(42-34-56)78(63-23-15-9-16-24-63)64-25-17-10-18-26-64/h7-54H,1-6H3. The molecule has 0 saturated carbocycles. The second-order valence-electron chi connectivity index (χ2n) is 22.8. The third-order valence-corrected chi connectivity index (χ3v) is 18.2. The smallest absolute Gasteiger partial charge is 0.0954 e. The molecule has 12 rings (SSSR count). The first-order chi connectivity index (χ1) is 38.4. The largest absolute Gasteiger partial charge is 0.311 e. The molecule has 0 aromatic heterocycles. The Morgan fingerprint density at radius 2 is 0.494 bits per heavy atom. The van der Waals surface area contributed by atoms with Crippen molar-refractivity contribution in [3.05, 3.63) is 310 Å². The second-order valence-corrected chi connectivity index (χ2v) is 27.1. The minimum absolute atomic E-state index is 0.118. The zero-order valence-electron chi connectivity index (χ0n) is 46.1. The number of benzene rings is 10. The van der Waals surface area contributed by atoms with Crippen LogP contribution in [0.1, 0.15) is 83.3 Å². The van der Waals surface area contributed by atoms with E-state index in [1.54, 1.807) is 0 Å². The highest BCUT2D eigenvalue weighted by molar-refractivity contribution is 6.87. The van der Waals surface area contributed by atoms with E-state index in [0.29, 0.717) is 0 Å². The summed E-state index contributed by atoms with van der Waals surface area (Å²) in [6.45, 7) is 14.4. The maximum absolute atomic E-state index is 2.48. The quantitative estimate of drug-likeness (QED) is 0.0791. The fourth-order valence-corrected chi connectivity index (χ4v) is 13.0. The molecule has 2 aliphatic rings. The van der Waals surface area contributed by atoms with Crippen molar-refractivity contribution in [3.8, 4) is 22.3 Å². The van der Waals surface area contributed by atoms with Crippen LogP contribution in [0.5, 0.6) is 0 Å². The lowest BCUT2D eigenvalue weighted by Crippen LogP contribution is -2.19. The Hall–Kier alpha value is -9.02. The summed E-state index contributed by atoms with van der Waals surface area (Å²) in [5.74, 6) is 0. The van der Waals surface area contributed by atoms with Gasteiger partial charge in [-0.2, -0.15) is 0 Å². The molecule has 10 aromatic carbocycles. The summed E-state index contributed by atoms with van der Waals surface area (Å²) in [5, 5.41) is 0. The molecule has 0 spiro atoms. The number of hydrogen-bond acceptors (Lipinski definition) is 2. The van der Waals surface area contributed by atoms with E-state index in [4.69, 9.17) is 0 Å². The Morgan fingerprint density at radius 1 is 0.266 bits per heavy atom. The number of fused-ring (bicyclic) bond motifs is 6. The molecule has 2 nitrogen and oxygen atoms in total. The minimum atomic E-state index is -1.87.